The lowest BCUT2D eigenvalue weighted by Gasteiger charge is -2.23. The van der Waals surface area contributed by atoms with Gasteiger partial charge in [0.2, 0.25) is 0 Å². The van der Waals surface area contributed by atoms with Crippen LogP contribution in [-0.4, -0.2) is 16.8 Å². The number of carbonyl (C=O) groups is 1. The van der Waals surface area contributed by atoms with E-state index in [0.717, 1.165) is 6.42 Å². The second kappa shape index (κ2) is 4.15. The molecule has 1 nitrogen and oxygen atoms in total. The highest BCUT2D eigenvalue weighted by Crippen LogP contribution is 2.26. The molecule has 0 rings (SSSR count). The van der Waals surface area contributed by atoms with Gasteiger partial charge in [-0.15, -0.1) is 0 Å². The van der Waals surface area contributed by atoms with Gasteiger partial charge in [0.25, 0.3) is 0 Å². The molecule has 0 radical (unpaired) electrons. The zero-order chi connectivity index (χ0) is 9.07. The van der Waals surface area contributed by atoms with E-state index < -0.39 is 0 Å². The van der Waals surface area contributed by atoms with Crippen molar-refractivity contribution in [2.24, 2.45) is 5.92 Å². The fourth-order valence-corrected chi connectivity index (χ4v) is 1.28. The van der Waals surface area contributed by atoms with Gasteiger partial charge in [0, 0.05) is 5.92 Å². The Morgan fingerprint density at radius 2 is 2.00 bits per heavy atom. The number of rotatable bonds is 4. The van der Waals surface area contributed by atoms with Crippen molar-refractivity contribution >= 4 is 17.5 Å². The molecule has 0 N–H and O–H groups in total. The zero-order valence-electron chi connectivity index (χ0n) is 8.10. The van der Waals surface area contributed by atoms with Gasteiger partial charge >= 0.3 is 0 Å². The van der Waals surface area contributed by atoms with Crippen molar-refractivity contribution in [3.05, 3.63) is 0 Å². The van der Waals surface area contributed by atoms with Gasteiger partial charge in [0.15, 0.2) is 5.78 Å². The molecular formula is C9H18OS. The van der Waals surface area contributed by atoms with Crippen molar-refractivity contribution in [2.75, 3.05) is 6.26 Å². The molecule has 0 fully saturated rings. The van der Waals surface area contributed by atoms with E-state index in [2.05, 4.69) is 6.92 Å². The first-order valence-electron chi connectivity index (χ1n) is 4.05. The predicted octanol–water partition coefficient (Wildman–Crippen LogP) is 2.74. The molecule has 66 valence electrons. The average molecular weight is 174 g/mol. The maximum Gasteiger partial charge on any atom is 0.151 e. The fraction of sp³-hybridized carbons (Fsp3) is 0.889. The van der Waals surface area contributed by atoms with Gasteiger partial charge in [-0.2, -0.15) is 11.8 Å². The standard InChI is InChI=1S/C9H18OS/c1-6-7(2)8(10)9(3,4)11-5/h7H,6H2,1-5H3. The molecule has 0 aromatic rings. The Hall–Kier alpha value is 0.0200. The van der Waals surface area contributed by atoms with Crippen molar-refractivity contribution in [2.45, 2.75) is 38.9 Å². The van der Waals surface area contributed by atoms with Crippen LogP contribution in [0.5, 0.6) is 0 Å². The molecule has 0 saturated carbocycles. The van der Waals surface area contributed by atoms with Crippen molar-refractivity contribution in [1.82, 2.24) is 0 Å². The van der Waals surface area contributed by atoms with Crippen LogP contribution < -0.4 is 0 Å². The SMILES string of the molecule is CCC(C)C(=O)C(C)(C)SC. The summed E-state index contributed by atoms with van der Waals surface area (Å²) in [5.74, 6) is 0.574. The Kier molecular flexibility index (Phi) is 4.16. The monoisotopic (exact) mass is 174 g/mol. The van der Waals surface area contributed by atoms with E-state index in [0.29, 0.717) is 5.78 Å². The first-order chi connectivity index (χ1) is 4.95. The summed E-state index contributed by atoms with van der Waals surface area (Å²) in [5, 5.41) is 0. The van der Waals surface area contributed by atoms with E-state index in [4.69, 9.17) is 0 Å². The molecule has 0 aliphatic rings. The zero-order valence-corrected chi connectivity index (χ0v) is 8.92. The minimum atomic E-state index is -0.199. The number of Topliss-reactive ketones (excluding diaryl/α,β-unsaturated/α-hetero) is 1. The summed E-state index contributed by atoms with van der Waals surface area (Å²) < 4.78 is -0.199. The highest BCUT2D eigenvalue weighted by molar-refractivity contribution is 8.00. The molecule has 0 amide bonds. The van der Waals surface area contributed by atoms with Crippen molar-refractivity contribution in [1.29, 1.82) is 0 Å². The molecule has 0 heterocycles. The summed E-state index contributed by atoms with van der Waals surface area (Å²) in [6, 6.07) is 0. The second-order valence-corrected chi connectivity index (χ2v) is 4.82. The fourth-order valence-electron chi connectivity index (χ4n) is 0.879. The van der Waals surface area contributed by atoms with E-state index in [-0.39, 0.29) is 10.7 Å². The minimum absolute atomic E-state index is 0.199. The molecule has 2 heteroatoms. The van der Waals surface area contributed by atoms with Crippen LogP contribution in [-0.2, 0) is 4.79 Å². The van der Waals surface area contributed by atoms with Crippen molar-refractivity contribution < 1.29 is 4.79 Å². The molecule has 1 unspecified atom stereocenters. The lowest BCUT2D eigenvalue weighted by atomic mass is 9.94. The van der Waals surface area contributed by atoms with Crippen LogP contribution in [0.4, 0.5) is 0 Å². The molecule has 0 bridgehead atoms. The summed E-state index contributed by atoms with van der Waals surface area (Å²) in [6.45, 7) is 8.04. The molecule has 0 saturated heterocycles. The van der Waals surface area contributed by atoms with E-state index in [9.17, 15) is 4.79 Å². The normalized spacial score (nSPS) is 14.6. The summed E-state index contributed by atoms with van der Waals surface area (Å²) in [4.78, 5) is 11.6. The Balaban J connectivity index is 4.23. The Bertz CT molecular complexity index is 140. The third-order valence-corrected chi connectivity index (χ3v) is 3.39. The van der Waals surface area contributed by atoms with E-state index in [1.54, 1.807) is 11.8 Å². The number of hydrogen-bond donors (Lipinski definition) is 0. The predicted molar refractivity (Wildman–Crippen MR) is 52.1 cm³/mol. The van der Waals surface area contributed by atoms with Gasteiger partial charge in [-0.1, -0.05) is 13.8 Å². The molecule has 0 aromatic carbocycles. The Labute approximate surface area is 73.9 Å². The number of hydrogen-bond acceptors (Lipinski definition) is 2. The molecular weight excluding hydrogens is 156 g/mol. The molecule has 11 heavy (non-hydrogen) atoms. The molecule has 0 aromatic heterocycles. The van der Waals surface area contributed by atoms with Crippen molar-refractivity contribution in [3.8, 4) is 0 Å². The minimum Gasteiger partial charge on any atom is -0.298 e. The summed E-state index contributed by atoms with van der Waals surface area (Å²) >= 11 is 1.63. The third kappa shape index (κ3) is 2.86. The summed E-state index contributed by atoms with van der Waals surface area (Å²) in [6.07, 6.45) is 2.93. The van der Waals surface area contributed by atoms with Crippen LogP contribution in [0.25, 0.3) is 0 Å². The van der Waals surface area contributed by atoms with E-state index in [1.165, 1.54) is 0 Å². The Morgan fingerprint density at radius 3 is 2.27 bits per heavy atom. The molecule has 0 aliphatic heterocycles. The topological polar surface area (TPSA) is 17.1 Å². The molecule has 0 spiro atoms. The summed E-state index contributed by atoms with van der Waals surface area (Å²) in [5.41, 5.74) is 0. The van der Waals surface area contributed by atoms with Gasteiger partial charge in [-0.05, 0) is 26.5 Å². The largest absolute Gasteiger partial charge is 0.298 e. The maximum absolute atomic E-state index is 11.6. The lowest BCUT2D eigenvalue weighted by Crippen LogP contribution is -2.32. The quantitative estimate of drug-likeness (QED) is 0.652. The lowest BCUT2D eigenvalue weighted by molar-refractivity contribution is -0.124. The number of ketones is 1. The van der Waals surface area contributed by atoms with Gasteiger partial charge < -0.3 is 0 Å². The molecule has 1 atom stereocenters. The van der Waals surface area contributed by atoms with Crippen LogP contribution in [0.15, 0.2) is 0 Å². The van der Waals surface area contributed by atoms with E-state index >= 15 is 0 Å². The van der Waals surface area contributed by atoms with Crippen LogP contribution in [0.3, 0.4) is 0 Å². The van der Waals surface area contributed by atoms with Crippen LogP contribution in [0.2, 0.25) is 0 Å². The first kappa shape index (κ1) is 11.0. The van der Waals surface area contributed by atoms with Gasteiger partial charge in [-0.25, -0.2) is 0 Å². The first-order valence-corrected chi connectivity index (χ1v) is 5.27. The number of thioether (sulfide) groups is 1. The average Bonchev–Trinajstić information content (AvgIpc) is 2.01. The van der Waals surface area contributed by atoms with Gasteiger partial charge in [0.1, 0.15) is 0 Å². The molecule has 0 aliphatic carbocycles. The summed E-state index contributed by atoms with van der Waals surface area (Å²) in [7, 11) is 0. The van der Waals surface area contributed by atoms with Gasteiger partial charge in [-0.3, -0.25) is 4.79 Å². The highest BCUT2D eigenvalue weighted by Gasteiger charge is 2.29. The van der Waals surface area contributed by atoms with E-state index in [1.807, 2.05) is 27.0 Å². The van der Waals surface area contributed by atoms with Gasteiger partial charge in [0.05, 0.1) is 4.75 Å². The number of carbonyl (C=O) groups excluding carboxylic acids is 1. The van der Waals surface area contributed by atoms with Crippen LogP contribution in [0.1, 0.15) is 34.1 Å². The third-order valence-electron chi connectivity index (χ3n) is 2.16. The van der Waals surface area contributed by atoms with Crippen molar-refractivity contribution in [3.63, 3.8) is 0 Å². The highest BCUT2D eigenvalue weighted by atomic mass is 32.2. The Morgan fingerprint density at radius 1 is 1.55 bits per heavy atom. The van der Waals surface area contributed by atoms with Crippen LogP contribution >= 0.6 is 11.8 Å². The smallest absolute Gasteiger partial charge is 0.151 e. The maximum atomic E-state index is 11.6. The second-order valence-electron chi connectivity index (χ2n) is 3.39. The van der Waals surface area contributed by atoms with Crippen LogP contribution in [0, 0.1) is 5.92 Å².